The van der Waals surface area contributed by atoms with Crippen LogP contribution in [0.15, 0.2) is 11.6 Å². The van der Waals surface area contributed by atoms with Crippen molar-refractivity contribution in [2.24, 2.45) is 0 Å². The second-order valence-electron chi connectivity index (χ2n) is 3.25. The van der Waals surface area contributed by atoms with Gasteiger partial charge in [-0.2, -0.15) is 0 Å². The van der Waals surface area contributed by atoms with Gasteiger partial charge in [-0.25, -0.2) is 4.79 Å². The van der Waals surface area contributed by atoms with Crippen LogP contribution in [0.25, 0.3) is 0 Å². The van der Waals surface area contributed by atoms with Gasteiger partial charge in [-0.1, -0.05) is 17.8 Å². The first-order valence-electron chi connectivity index (χ1n) is 4.78. The van der Waals surface area contributed by atoms with E-state index in [1.807, 2.05) is 0 Å². The first-order valence-corrected chi connectivity index (χ1v) is 5.77. The molecule has 0 unspecified atom stereocenters. The van der Waals surface area contributed by atoms with Gasteiger partial charge in [0.25, 0.3) is 5.24 Å². The first-order chi connectivity index (χ1) is 7.56. The van der Waals surface area contributed by atoms with Crippen LogP contribution in [-0.4, -0.2) is 41.4 Å². The second-order valence-corrected chi connectivity index (χ2v) is 4.29. The lowest BCUT2D eigenvalue weighted by Crippen LogP contribution is -2.38. The third kappa shape index (κ3) is 3.10. The summed E-state index contributed by atoms with van der Waals surface area (Å²) < 4.78 is 4.50. The van der Waals surface area contributed by atoms with Crippen molar-refractivity contribution < 1.29 is 19.1 Å². The van der Waals surface area contributed by atoms with Gasteiger partial charge < -0.3 is 4.74 Å². The van der Waals surface area contributed by atoms with Gasteiger partial charge in [0.1, 0.15) is 0 Å². The average molecular weight is 243 g/mol. The number of carbonyl (C=O) groups is 3. The van der Waals surface area contributed by atoms with Gasteiger partial charge >= 0.3 is 5.97 Å². The Labute approximate surface area is 97.8 Å². The number of hydrogen-bond donors (Lipinski definition) is 0. The largest absolute Gasteiger partial charge is 0.466 e. The molecule has 0 bridgehead atoms. The molecule has 16 heavy (non-hydrogen) atoms. The molecule has 0 aliphatic carbocycles. The van der Waals surface area contributed by atoms with Crippen molar-refractivity contribution in [3.05, 3.63) is 11.6 Å². The zero-order chi connectivity index (χ0) is 12.1. The lowest BCUT2D eigenvalue weighted by molar-refractivity contribution is -0.136. The summed E-state index contributed by atoms with van der Waals surface area (Å²) in [6, 6.07) is 0. The van der Waals surface area contributed by atoms with E-state index in [2.05, 4.69) is 4.74 Å². The SMILES string of the molecule is COC(=O)C(C)=CCN1C(=O)CCSC1=O. The van der Waals surface area contributed by atoms with Crippen molar-refractivity contribution in [3.8, 4) is 0 Å². The third-order valence-electron chi connectivity index (χ3n) is 2.15. The molecule has 0 aromatic rings. The molecule has 0 radical (unpaired) electrons. The quantitative estimate of drug-likeness (QED) is 0.550. The summed E-state index contributed by atoms with van der Waals surface area (Å²) in [6.45, 7) is 1.71. The monoisotopic (exact) mass is 243 g/mol. The fourth-order valence-electron chi connectivity index (χ4n) is 1.19. The maximum Gasteiger partial charge on any atom is 0.333 e. The second kappa shape index (κ2) is 5.69. The topological polar surface area (TPSA) is 63.7 Å². The lowest BCUT2D eigenvalue weighted by Gasteiger charge is -2.22. The Morgan fingerprint density at radius 3 is 2.81 bits per heavy atom. The molecule has 1 aliphatic rings. The van der Waals surface area contributed by atoms with Crippen LogP contribution in [-0.2, 0) is 14.3 Å². The molecule has 1 fully saturated rings. The van der Waals surface area contributed by atoms with Gasteiger partial charge in [-0.15, -0.1) is 0 Å². The molecular weight excluding hydrogens is 230 g/mol. The van der Waals surface area contributed by atoms with Crippen molar-refractivity contribution in [2.45, 2.75) is 13.3 Å². The highest BCUT2D eigenvalue weighted by atomic mass is 32.2. The molecule has 0 spiro atoms. The highest BCUT2D eigenvalue weighted by Crippen LogP contribution is 2.18. The number of nitrogens with zero attached hydrogens (tertiary/aromatic N) is 1. The molecule has 88 valence electrons. The molecule has 0 N–H and O–H groups in total. The molecule has 2 amide bonds. The molecular formula is C10H13NO4S. The number of carbonyl (C=O) groups excluding carboxylic acids is 3. The van der Waals surface area contributed by atoms with E-state index in [9.17, 15) is 14.4 Å². The molecule has 5 nitrogen and oxygen atoms in total. The van der Waals surface area contributed by atoms with Crippen LogP contribution >= 0.6 is 11.8 Å². The standard InChI is InChI=1S/C10H13NO4S/c1-7(9(13)15-2)3-5-11-8(12)4-6-16-10(11)14/h3H,4-6H2,1-2H3. The minimum Gasteiger partial charge on any atom is -0.466 e. The fraction of sp³-hybridized carbons (Fsp3) is 0.500. The maximum atomic E-state index is 11.4. The Balaban J connectivity index is 2.62. The lowest BCUT2D eigenvalue weighted by atomic mass is 10.2. The minimum absolute atomic E-state index is 0.131. The Morgan fingerprint density at radius 2 is 2.25 bits per heavy atom. The number of ether oxygens (including phenoxy) is 1. The first kappa shape index (κ1) is 12.8. The zero-order valence-corrected chi connectivity index (χ0v) is 10.0. The summed E-state index contributed by atoms with van der Waals surface area (Å²) in [4.78, 5) is 35.0. The molecule has 0 aromatic carbocycles. The molecule has 6 heteroatoms. The van der Waals surface area contributed by atoms with Gasteiger partial charge in [-0.05, 0) is 6.92 Å². The van der Waals surface area contributed by atoms with Crippen LogP contribution in [0, 0.1) is 0 Å². The van der Waals surface area contributed by atoms with Crippen molar-refractivity contribution in [2.75, 3.05) is 19.4 Å². The minimum atomic E-state index is -0.454. The molecule has 1 heterocycles. The number of amides is 2. The van der Waals surface area contributed by atoms with Crippen LogP contribution in [0.4, 0.5) is 4.79 Å². The number of thioether (sulfide) groups is 1. The highest BCUT2D eigenvalue weighted by Gasteiger charge is 2.25. The van der Waals surface area contributed by atoms with E-state index in [-0.39, 0.29) is 17.7 Å². The van der Waals surface area contributed by atoms with Crippen molar-refractivity contribution in [1.29, 1.82) is 0 Å². The average Bonchev–Trinajstić information content (AvgIpc) is 2.27. The van der Waals surface area contributed by atoms with E-state index in [1.54, 1.807) is 6.92 Å². The van der Waals surface area contributed by atoms with Crippen LogP contribution in [0.2, 0.25) is 0 Å². The number of rotatable bonds is 3. The van der Waals surface area contributed by atoms with Crippen LogP contribution < -0.4 is 0 Å². The van der Waals surface area contributed by atoms with Gasteiger partial charge in [0.15, 0.2) is 0 Å². The van der Waals surface area contributed by atoms with E-state index >= 15 is 0 Å². The fourth-order valence-corrected chi connectivity index (χ4v) is 1.97. The summed E-state index contributed by atoms with van der Waals surface area (Å²) in [5.74, 6) is -0.115. The number of imide groups is 1. The van der Waals surface area contributed by atoms with Crippen LogP contribution in [0.5, 0.6) is 0 Å². The van der Waals surface area contributed by atoms with E-state index in [0.717, 1.165) is 16.7 Å². The molecule has 1 rings (SSSR count). The normalized spacial score (nSPS) is 17.6. The van der Waals surface area contributed by atoms with E-state index in [4.69, 9.17) is 0 Å². The van der Waals surface area contributed by atoms with Gasteiger partial charge in [0.2, 0.25) is 5.91 Å². The summed E-state index contributed by atoms with van der Waals surface area (Å²) in [6.07, 6.45) is 1.88. The van der Waals surface area contributed by atoms with Gasteiger partial charge in [0.05, 0.1) is 7.11 Å². The Kier molecular flexibility index (Phi) is 4.54. The predicted molar refractivity (Wildman–Crippen MR) is 60.0 cm³/mol. The van der Waals surface area contributed by atoms with Crippen LogP contribution in [0.1, 0.15) is 13.3 Å². The summed E-state index contributed by atoms with van der Waals surface area (Å²) in [5, 5.41) is -0.259. The summed E-state index contributed by atoms with van der Waals surface area (Å²) in [7, 11) is 1.28. The van der Waals surface area contributed by atoms with Crippen molar-refractivity contribution in [1.82, 2.24) is 4.90 Å². The van der Waals surface area contributed by atoms with Gasteiger partial charge in [0, 0.05) is 24.3 Å². The molecule has 0 saturated carbocycles. The summed E-state index contributed by atoms with van der Waals surface area (Å²) in [5.41, 5.74) is 0.388. The maximum absolute atomic E-state index is 11.4. The number of esters is 1. The Morgan fingerprint density at radius 1 is 1.56 bits per heavy atom. The predicted octanol–water partition coefficient (Wildman–Crippen LogP) is 1.19. The van der Waals surface area contributed by atoms with Crippen molar-refractivity contribution in [3.63, 3.8) is 0 Å². The third-order valence-corrected chi connectivity index (χ3v) is 3.03. The Bertz CT molecular complexity index is 335. The molecule has 0 aromatic heterocycles. The van der Waals surface area contributed by atoms with Gasteiger partial charge in [-0.3, -0.25) is 14.5 Å². The van der Waals surface area contributed by atoms with E-state index in [1.165, 1.54) is 13.2 Å². The molecule has 1 saturated heterocycles. The van der Waals surface area contributed by atoms with E-state index in [0.29, 0.717) is 17.7 Å². The molecule has 0 atom stereocenters. The Hall–Kier alpha value is -1.30. The number of hydrogen-bond acceptors (Lipinski definition) is 5. The van der Waals surface area contributed by atoms with Crippen LogP contribution in [0.3, 0.4) is 0 Å². The smallest absolute Gasteiger partial charge is 0.333 e. The summed E-state index contributed by atoms with van der Waals surface area (Å²) >= 11 is 1.12. The van der Waals surface area contributed by atoms with Crippen molar-refractivity contribution >= 4 is 28.9 Å². The van der Waals surface area contributed by atoms with E-state index < -0.39 is 5.97 Å². The molecule has 1 aliphatic heterocycles. The zero-order valence-electron chi connectivity index (χ0n) is 9.19. The number of methoxy groups -OCH3 is 1. The highest BCUT2D eigenvalue weighted by molar-refractivity contribution is 8.13.